The van der Waals surface area contributed by atoms with Gasteiger partial charge in [-0.1, -0.05) is 37.1 Å². The molecule has 5 rings (SSSR count). The molecule has 0 amide bonds. The van der Waals surface area contributed by atoms with Crippen LogP contribution in [0.5, 0.6) is 0 Å². The average Bonchev–Trinajstić information content (AvgIpc) is 3.14. The van der Waals surface area contributed by atoms with Crippen molar-refractivity contribution in [3.63, 3.8) is 0 Å². The molecule has 0 saturated heterocycles. The number of aliphatic hydroxyl groups excluding tert-OH is 1. The number of benzene rings is 1. The van der Waals surface area contributed by atoms with Crippen LogP contribution >= 0.6 is 23.8 Å². The van der Waals surface area contributed by atoms with E-state index in [9.17, 15) is 19.8 Å². The normalized spacial score (nSPS) is 42.4. The number of carbonyl (C=O) groups is 2. The summed E-state index contributed by atoms with van der Waals surface area (Å²) >= 11 is 11.2. The summed E-state index contributed by atoms with van der Waals surface area (Å²) in [4.78, 5) is 25.6. The van der Waals surface area contributed by atoms with Gasteiger partial charge in [0.05, 0.1) is 6.10 Å². The largest absolute Gasteiger partial charge is 0.475 e. The molecular weight excluding hydrogens is 515 g/mol. The van der Waals surface area contributed by atoms with Gasteiger partial charge in [-0.25, -0.2) is 4.39 Å². The number of Topliss-reactive ketones (excluding diaryl/α,β-unsaturated/α-hetero) is 1. The molecule has 4 aliphatic rings. The van der Waals surface area contributed by atoms with Gasteiger partial charge in [-0.05, 0) is 92.6 Å². The predicted molar refractivity (Wildman–Crippen MR) is 142 cm³/mol. The second kappa shape index (κ2) is 9.08. The third kappa shape index (κ3) is 3.72. The van der Waals surface area contributed by atoms with Gasteiger partial charge in [-0.3, -0.25) is 9.59 Å². The molecule has 0 heterocycles. The minimum absolute atomic E-state index is 0.119. The van der Waals surface area contributed by atoms with Crippen LogP contribution in [0.3, 0.4) is 0 Å². The van der Waals surface area contributed by atoms with Crippen molar-refractivity contribution >= 4 is 40.4 Å². The molecule has 0 spiro atoms. The number of fused-ring (bicyclic) bond motifs is 5. The smallest absolute Gasteiger partial charge is 0.202 e. The van der Waals surface area contributed by atoms with Crippen molar-refractivity contribution in [2.75, 3.05) is 6.61 Å². The highest BCUT2D eigenvalue weighted by atomic mass is 35.5. The molecule has 5 nitrogen and oxygen atoms in total. The number of carbonyl (C=O) groups excluding carboxylic acids is 2. The van der Waals surface area contributed by atoms with Crippen molar-refractivity contribution < 1.29 is 28.9 Å². The number of ether oxygens (including phenoxy) is 1. The molecule has 1 unspecified atom stereocenters. The highest BCUT2D eigenvalue weighted by molar-refractivity contribution is 7.80. The van der Waals surface area contributed by atoms with Crippen molar-refractivity contribution in [2.45, 2.75) is 57.4 Å². The van der Waals surface area contributed by atoms with Gasteiger partial charge < -0.3 is 14.9 Å². The molecule has 37 heavy (non-hydrogen) atoms. The molecular formula is C29H32ClFO5S. The van der Waals surface area contributed by atoms with Crippen LogP contribution in [0.2, 0.25) is 5.02 Å². The van der Waals surface area contributed by atoms with Crippen molar-refractivity contribution in [2.24, 2.45) is 35.0 Å². The summed E-state index contributed by atoms with van der Waals surface area (Å²) in [6.07, 6.45) is 4.50. The van der Waals surface area contributed by atoms with Crippen LogP contribution in [0.4, 0.5) is 4.39 Å². The molecule has 8 heteroatoms. The van der Waals surface area contributed by atoms with Crippen molar-refractivity contribution in [1.29, 1.82) is 0 Å². The Morgan fingerprint density at radius 3 is 2.62 bits per heavy atom. The predicted octanol–water partition coefficient (Wildman–Crippen LogP) is 4.81. The lowest BCUT2D eigenvalue weighted by Crippen LogP contribution is -2.69. The summed E-state index contributed by atoms with van der Waals surface area (Å²) in [5, 5.41) is 24.1. The van der Waals surface area contributed by atoms with Gasteiger partial charge in [0, 0.05) is 27.8 Å². The number of alkyl halides is 1. The van der Waals surface area contributed by atoms with Crippen LogP contribution in [0.25, 0.3) is 0 Å². The molecule has 1 aromatic rings. The first-order valence-electron chi connectivity index (χ1n) is 12.8. The molecule has 0 aromatic heterocycles. The van der Waals surface area contributed by atoms with Gasteiger partial charge in [0.15, 0.2) is 23.1 Å². The van der Waals surface area contributed by atoms with E-state index in [4.69, 9.17) is 28.6 Å². The second-order valence-corrected chi connectivity index (χ2v) is 12.3. The molecule has 198 valence electrons. The van der Waals surface area contributed by atoms with E-state index in [0.29, 0.717) is 35.4 Å². The van der Waals surface area contributed by atoms with E-state index in [0.717, 1.165) is 0 Å². The number of hydrogen-bond acceptors (Lipinski definition) is 6. The van der Waals surface area contributed by atoms with Crippen LogP contribution in [-0.4, -0.2) is 50.8 Å². The van der Waals surface area contributed by atoms with Gasteiger partial charge in [0.25, 0.3) is 0 Å². The minimum atomic E-state index is -2.02. The zero-order valence-electron chi connectivity index (χ0n) is 21.1. The maximum absolute atomic E-state index is 17.3. The molecule has 2 N–H and O–H groups in total. The van der Waals surface area contributed by atoms with E-state index in [1.807, 2.05) is 6.92 Å². The fraction of sp³-hybridized carbons (Fsp3) is 0.552. The number of rotatable bonds is 4. The molecule has 1 aromatic carbocycles. The zero-order chi connectivity index (χ0) is 26.9. The second-order valence-electron chi connectivity index (χ2n) is 11.5. The molecule has 3 saturated carbocycles. The Balaban J connectivity index is 1.42. The van der Waals surface area contributed by atoms with Gasteiger partial charge in [-0.15, -0.1) is 0 Å². The summed E-state index contributed by atoms with van der Waals surface area (Å²) in [6.45, 7) is 4.86. The first-order chi connectivity index (χ1) is 17.4. The SMILES string of the molecule is C[C@@H]1C[C@@H]2C([C@H](C)[C@H](O)[C@@]3(F)[C@H]2CCC2=CC(=O)C=C[C@@]23C)[C@@]1(O)C(=O)COC(=S)c1ccc(Cl)cc1. The lowest BCUT2D eigenvalue weighted by molar-refractivity contribution is -0.214. The number of ketones is 2. The number of allylic oxidation sites excluding steroid dienone is 4. The summed E-state index contributed by atoms with van der Waals surface area (Å²) in [6, 6.07) is 6.72. The fourth-order valence-corrected chi connectivity index (χ4v) is 8.26. The molecule has 0 bridgehead atoms. The topological polar surface area (TPSA) is 83.8 Å². The number of halogens is 2. The van der Waals surface area contributed by atoms with Gasteiger partial charge in [0.2, 0.25) is 5.78 Å². The van der Waals surface area contributed by atoms with Crippen molar-refractivity contribution in [3.8, 4) is 0 Å². The maximum atomic E-state index is 17.3. The number of aliphatic hydroxyl groups is 2. The van der Waals surface area contributed by atoms with Crippen LogP contribution < -0.4 is 0 Å². The van der Waals surface area contributed by atoms with E-state index in [1.165, 1.54) is 12.2 Å². The molecule has 3 fully saturated rings. The Morgan fingerprint density at radius 2 is 1.95 bits per heavy atom. The van der Waals surface area contributed by atoms with Gasteiger partial charge in [0.1, 0.15) is 5.60 Å². The van der Waals surface area contributed by atoms with Crippen LogP contribution in [0.15, 0.2) is 48.1 Å². The first-order valence-corrected chi connectivity index (χ1v) is 13.6. The molecule has 4 aliphatic carbocycles. The molecule has 9 atom stereocenters. The Bertz CT molecular complexity index is 1210. The molecule has 0 radical (unpaired) electrons. The highest BCUT2D eigenvalue weighted by Crippen LogP contribution is 2.67. The zero-order valence-corrected chi connectivity index (χ0v) is 22.7. The standard InChI is InChI=1S/C29H32ClFO5S/c1-15-12-21-22-9-6-18-13-20(32)10-11-27(18,3)29(22,31)25(34)16(2)24(21)28(15,35)23(33)14-36-26(37)17-4-7-19(30)8-5-17/h4-5,7-8,10-11,13,15-16,21-22,24-25,34-35H,6,9,12,14H2,1-3H3/t15-,16+,21+,22+,24?,25+,27+,28+,29+/m1/s1. The van der Waals surface area contributed by atoms with E-state index >= 15 is 4.39 Å². The fourth-order valence-electron chi connectivity index (χ4n) is 7.94. The van der Waals surface area contributed by atoms with E-state index in [-0.39, 0.29) is 16.8 Å². The lowest BCUT2D eigenvalue weighted by atomic mass is 9.46. The lowest BCUT2D eigenvalue weighted by Gasteiger charge is -2.61. The Morgan fingerprint density at radius 1 is 1.27 bits per heavy atom. The first kappa shape index (κ1) is 26.7. The van der Waals surface area contributed by atoms with E-state index < -0.39 is 58.9 Å². The van der Waals surface area contributed by atoms with Crippen molar-refractivity contribution in [3.05, 3.63) is 58.7 Å². The van der Waals surface area contributed by atoms with E-state index in [1.54, 1.807) is 44.2 Å². The van der Waals surface area contributed by atoms with Gasteiger partial charge in [-0.2, -0.15) is 0 Å². The third-order valence-electron chi connectivity index (χ3n) is 9.84. The third-order valence-corrected chi connectivity index (χ3v) is 10.4. The van der Waals surface area contributed by atoms with Gasteiger partial charge >= 0.3 is 0 Å². The van der Waals surface area contributed by atoms with Crippen LogP contribution in [0.1, 0.15) is 45.6 Å². The van der Waals surface area contributed by atoms with Crippen LogP contribution in [-0.2, 0) is 14.3 Å². The number of hydrogen-bond donors (Lipinski definition) is 2. The summed E-state index contributed by atoms with van der Waals surface area (Å²) in [5.74, 6) is -3.33. The number of thiocarbonyl (C=S) groups is 1. The summed E-state index contributed by atoms with van der Waals surface area (Å²) in [5.41, 5.74) is -3.62. The summed E-state index contributed by atoms with van der Waals surface area (Å²) in [7, 11) is 0. The van der Waals surface area contributed by atoms with Crippen LogP contribution in [0, 0.1) is 35.0 Å². The van der Waals surface area contributed by atoms with E-state index in [2.05, 4.69) is 0 Å². The summed E-state index contributed by atoms with van der Waals surface area (Å²) < 4.78 is 22.9. The minimum Gasteiger partial charge on any atom is -0.475 e. The highest BCUT2D eigenvalue weighted by Gasteiger charge is 2.73. The monoisotopic (exact) mass is 546 g/mol. The molecule has 0 aliphatic heterocycles. The maximum Gasteiger partial charge on any atom is 0.202 e. The average molecular weight is 547 g/mol. The Hall–Kier alpha value is -1.93. The Labute approximate surface area is 226 Å². The van der Waals surface area contributed by atoms with Crippen molar-refractivity contribution in [1.82, 2.24) is 0 Å². The Kier molecular flexibility index (Phi) is 6.54. The quantitative estimate of drug-likeness (QED) is 0.528.